The van der Waals surface area contributed by atoms with E-state index in [0.29, 0.717) is 26.6 Å². The van der Waals surface area contributed by atoms with Crippen LogP contribution in [0.3, 0.4) is 0 Å². The zero-order chi connectivity index (χ0) is 18.7. The number of hydrogen-bond donors (Lipinski definition) is 2. The predicted molar refractivity (Wildman–Crippen MR) is 107 cm³/mol. The van der Waals surface area contributed by atoms with Gasteiger partial charge in [0.1, 0.15) is 0 Å². The number of nitrogens with two attached hydrogens (primary N) is 1. The Balaban J connectivity index is 1.65. The van der Waals surface area contributed by atoms with Crippen molar-refractivity contribution < 1.29 is 4.79 Å². The number of aromatic nitrogens is 3. The van der Waals surface area contributed by atoms with Gasteiger partial charge in [0.25, 0.3) is 0 Å². The van der Waals surface area contributed by atoms with Crippen LogP contribution in [-0.2, 0) is 4.79 Å². The van der Waals surface area contributed by atoms with E-state index in [-0.39, 0.29) is 17.7 Å². The van der Waals surface area contributed by atoms with Gasteiger partial charge < -0.3 is 11.2 Å². The highest BCUT2D eigenvalue weighted by Crippen LogP contribution is 2.30. The van der Waals surface area contributed by atoms with Crippen molar-refractivity contribution in [2.45, 2.75) is 18.1 Å². The minimum absolute atomic E-state index is 0.0420. The lowest BCUT2D eigenvalue weighted by Gasteiger charge is -2.11. The monoisotopic (exact) mass is 427 g/mol. The molecule has 0 saturated carbocycles. The van der Waals surface area contributed by atoms with Gasteiger partial charge in [0.05, 0.1) is 16.8 Å². The van der Waals surface area contributed by atoms with E-state index in [0.717, 1.165) is 4.88 Å². The second kappa shape index (κ2) is 8.30. The van der Waals surface area contributed by atoms with Crippen LogP contribution in [0.15, 0.2) is 40.9 Å². The molecule has 0 radical (unpaired) electrons. The SMILES string of the molecule is CC(NC(=O)CSc1nnc(-c2cc(Cl)ccc2Cl)n1N)c1cccs1. The molecule has 1 aromatic carbocycles. The van der Waals surface area contributed by atoms with Crippen molar-refractivity contribution in [2.24, 2.45) is 0 Å². The molecular formula is C16H15Cl2N5OS2. The average molecular weight is 428 g/mol. The Kier molecular flexibility index (Phi) is 6.08. The van der Waals surface area contributed by atoms with E-state index in [1.807, 2.05) is 24.4 Å². The first-order chi connectivity index (χ1) is 12.5. The smallest absolute Gasteiger partial charge is 0.230 e. The summed E-state index contributed by atoms with van der Waals surface area (Å²) in [5.41, 5.74) is 0.580. The van der Waals surface area contributed by atoms with Crippen molar-refractivity contribution >= 4 is 52.2 Å². The van der Waals surface area contributed by atoms with Gasteiger partial charge in [-0.1, -0.05) is 41.0 Å². The third-order valence-corrected chi connectivity index (χ3v) is 6.08. The maximum atomic E-state index is 12.1. The van der Waals surface area contributed by atoms with Gasteiger partial charge in [-0.2, -0.15) is 0 Å². The van der Waals surface area contributed by atoms with Crippen molar-refractivity contribution in [1.82, 2.24) is 20.2 Å². The standard InChI is InChI=1S/C16H15Cl2N5OS2/c1-9(13-3-2-6-25-13)20-14(24)8-26-16-22-21-15(23(16)19)11-7-10(17)4-5-12(11)18/h2-7,9H,8,19H2,1H3,(H,20,24). The Morgan fingerprint density at radius 1 is 1.38 bits per heavy atom. The van der Waals surface area contributed by atoms with E-state index in [9.17, 15) is 4.79 Å². The molecule has 0 aliphatic carbocycles. The third kappa shape index (κ3) is 4.32. The second-order valence-corrected chi connectivity index (χ2v) is 8.16. The molecule has 1 amide bonds. The number of nitrogens with one attached hydrogen (secondary N) is 1. The first kappa shape index (κ1) is 19.0. The molecule has 0 bridgehead atoms. The van der Waals surface area contributed by atoms with Crippen LogP contribution in [0.25, 0.3) is 11.4 Å². The summed E-state index contributed by atoms with van der Waals surface area (Å²) in [7, 11) is 0. The van der Waals surface area contributed by atoms with Crippen LogP contribution >= 0.6 is 46.3 Å². The van der Waals surface area contributed by atoms with Gasteiger partial charge in [0.2, 0.25) is 11.1 Å². The van der Waals surface area contributed by atoms with Crippen LogP contribution in [0.5, 0.6) is 0 Å². The van der Waals surface area contributed by atoms with E-state index in [2.05, 4.69) is 15.5 Å². The molecular weight excluding hydrogens is 413 g/mol. The largest absolute Gasteiger partial charge is 0.348 e. The molecule has 136 valence electrons. The van der Waals surface area contributed by atoms with E-state index in [4.69, 9.17) is 29.0 Å². The fourth-order valence-corrected chi connectivity index (χ4v) is 4.03. The number of halogens is 2. The number of thiophene rings is 1. The van der Waals surface area contributed by atoms with Crippen LogP contribution in [0.1, 0.15) is 17.8 Å². The number of carbonyl (C=O) groups excluding carboxylic acids is 1. The molecule has 2 aromatic heterocycles. The van der Waals surface area contributed by atoms with Gasteiger partial charge in [-0.15, -0.1) is 21.5 Å². The number of nitrogen functional groups attached to an aromatic ring is 1. The maximum absolute atomic E-state index is 12.1. The highest BCUT2D eigenvalue weighted by molar-refractivity contribution is 7.99. The third-order valence-electron chi connectivity index (χ3n) is 3.51. The molecule has 0 aliphatic heterocycles. The molecule has 1 unspecified atom stereocenters. The van der Waals surface area contributed by atoms with E-state index in [1.54, 1.807) is 29.5 Å². The molecule has 26 heavy (non-hydrogen) atoms. The number of amides is 1. The van der Waals surface area contributed by atoms with Crippen LogP contribution in [0.2, 0.25) is 10.0 Å². The molecule has 0 saturated heterocycles. The Morgan fingerprint density at radius 2 is 2.19 bits per heavy atom. The minimum atomic E-state index is -0.110. The van der Waals surface area contributed by atoms with E-state index < -0.39 is 0 Å². The van der Waals surface area contributed by atoms with Crippen molar-refractivity contribution in [2.75, 3.05) is 11.6 Å². The summed E-state index contributed by atoms with van der Waals surface area (Å²) in [6.07, 6.45) is 0. The van der Waals surface area contributed by atoms with Crippen molar-refractivity contribution in [3.63, 3.8) is 0 Å². The first-order valence-electron chi connectivity index (χ1n) is 7.57. The van der Waals surface area contributed by atoms with E-state index >= 15 is 0 Å². The Labute approximate surface area is 168 Å². The van der Waals surface area contributed by atoms with Crippen LogP contribution in [0, 0.1) is 0 Å². The molecule has 10 heteroatoms. The number of thioether (sulfide) groups is 1. The average Bonchev–Trinajstić information content (AvgIpc) is 3.25. The van der Waals surface area contributed by atoms with Crippen LogP contribution in [-0.4, -0.2) is 26.5 Å². The van der Waals surface area contributed by atoms with Gasteiger partial charge >= 0.3 is 0 Å². The highest BCUT2D eigenvalue weighted by atomic mass is 35.5. The summed E-state index contributed by atoms with van der Waals surface area (Å²) >= 11 is 15.0. The Bertz CT molecular complexity index is 914. The summed E-state index contributed by atoms with van der Waals surface area (Å²) in [5, 5.41) is 14.4. The number of benzene rings is 1. The van der Waals surface area contributed by atoms with Gasteiger partial charge in [-0.3, -0.25) is 4.79 Å². The fraction of sp³-hybridized carbons (Fsp3) is 0.188. The fourth-order valence-electron chi connectivity index (χ4n) is 2.25. The van der Waals surface area contributed by atoms with Gasteiger partial charge in [-0.05, 0) is 36.6 Å². The minimum Gasteiger partial charge on any atom is -0.348 e. The number of rotatable bonds is 6. The van der Waals surface area contributed by atoms with Gasteiger partial charge in [-0.25, -0.2) is 4.68 Å². The molecule has 6 nitrogen and oxygen atoms in total. The topological polar surface area (TPSA) is 85.8 Å². The summed E-state index contributed by atoms with van der Waals surface area (Å²) in [6.45, 7) is 1.94. The molecule has 3 aromatic rings. The first-order valence-corrected chi connectivity index (χ1v) is 10.2. The Hall–Kier alpha value is -1.74. The van der Waals surface area contributed by atoms with Crippen molar-refractivity contribution in [3.05, 3.63) is 50.6 Å². The lowest BCUT2D eigenvalue weighted by Crippen LogP contribution is -2.28. The Morgan fingerprint density at radius 3 is 2.92 bits per heavy atom. The quantitative estimate of drug-likeness (QED) is 0.458. The molecule has 1 atom stereocenters. The van der Waals surface area contributed by atoms with Gasteiger partial charge in [0, 0.05) is 15.5 Å². The molecule has 3 rings (SSSR count). The maximum Gasteiger partial charge on any atom is 0.230 e. The second-order valence-electron chi connectivity index (χ2n) is 5.39. The molecule has 2 heterocycles. The predicted octanol–water partition coefficient (Wildman–Crippen LogP) is 4.00. The zero-order valence-corrected chi connectivity index (χ0v) is 16.8. The summed E-state index contributed by atoms with van der Waals surface area (Å²) in [4.78, 5) is 13.2. The van der Waals surface area contributed by atoms with Crippen molar-refractivity contribution in [3.8, 4) is 11.4 Å². The summed E-state index contributed by atoms with van der Waals surface area (Å²) in [5.74, 6) is 6.50. The van der Waals surface area contributed by atoms with Gasteiger partial charge in [0.15, 0.2) is 5.82 Å². The van der Waals surface area contributed by atoms with E-state index in [1.165, 1.54) is 16.4 Å². The summed E-state index contributed by atoms with van der Waals surface area (Å²) < 4.78 is 1.30. The zero-order valence-electron chi connectivity index (χ0n) is 13.6. The van der Waals surface area contributed by atoms with Crippen LogP contribution in [0.4, 0.5) is 0 Å². The highest BCUT2D eigenvalue weighted by Gasteiger charge is 2.17. The number of nitrogens with zero attached hydrogens (tertiary/aromatic N) is 3. The number of hydrogen-bond acceptors (Lipinski definition) is 6. The normalized spacial score (nSPS) is 12.1. The van der Waals surface area contributed by atoms with Crippen molar-refractivity contribution in [1.29, 1.82) is 0 Å². The molecule has 0 fully saturated rings. The van der Waals surface area contributed by atoms with Crippen LogP contribution < -0.4 is 11.2 Å². The molecule has 0 aliphatic rings. The summed E-state index contributed by atoms with van der Waals surface area (Å²) in [6, 6.07) is 8.91. The number of carbonyl (C=O) groups is 1. The molecule has 0 spiro atoms. The molecule has 3 N–H and O–H groups in total. The lowest BCUT2D eigenvalue weighted by molar-refractivity contribution is -0.119. The lowest BCUT2D eigenvalue weighted by atomic mass is 10.2.